The minimum Gasteiger partial charge on any atom is -0.493 e. The lowest BCUT2D eigenvalue weighted by Gasteiger charge is -2.16. The van der Waals surface area contributed by atoms with Gasteiger partial charge in [-0.05, 0) is 49.2 Å². The molecule has 0 aromatic heterocycles. The molecule has 0 saturated heterocycles. The van der Waals surface area contributed by atoms with E-state index in [-0.39, 0.29) is 11.9 Å². The molecule has 0 aliphatic rings. The zero-order valence-corrected chi connectivity index (χ0v) is 15.5. The molecule has 2 aromatic carbocycles. The minimum atomic E-state index is -1.08. The van der Waals surface area contributed by atoms with E-state index in [1.54, 1.807) is 32.4 Å². The number of carbonyl (C=O) groups is 2. The van der Waals surface area contributed by atoms with Crippen molar-refractivity contribution in [2.24, 2.45) is 0 Å². The molecular formula is C20H23NO6. The van der Waals surface area contributed by atoms with Crippen molar-refractivity contribution in [3.63, 3.8) is 0 Å². The summed E-state index contributed by atoms with van der Waals surface area (Å²) < 4.78 is 15.6. The van der Waals surface area contributed by atoms with E-state index in [9.17, 15) is 9.59 Å². The monoisotopic (exact) mass is 373 g/mol. The third kappa shape index (κ3) is 5.91. The van der Waals surface area contributed by atoms with E-state index in [4.69, 9.17) is 19.3 Å². The number of nitrogens with one attached hydrogen (secondary N) is 1. The van der Waals surface area contributed by atoms with Crippen LogP contribution in [0, 0.1) is 0 Å². The van der Waals surface area contributed by atoms with Crippen molar-refractivity contribution in [2.75, 3.05) is 20.8 Å². The summed E-state index contributed by atoms with van der Waals surface area (Å²) in [5.41, 5.74) is 1.40. The van der Waals surface area contributed by atoms with Crippen LogP contribution in [0.25, 0.3) is 0 Å². The highest BCUT2D eigenvalue weighted by molar-refractivity contribution is 5.94. The smallest absolute Gasteiger partial charge is 0.341 e. The number of carbonyl (C=O) groups excluding carboxylic acids is 1. The Morgan fingerprint density at radius 3 is 2.48 bits per heavy atom. The molecule has 0 bridgehead atoms. The van der Waals surface area contributed by atoms with Crippen LogP contribution in [0.3, 0.4) is 0 Å². The van der Waals surface area contributed by atoms with Crippen LogP contribution >= 0.6 is 0 Å². The van der Waals surface area contributed by atoms with Crippen molar-refractivity contribution in [3.05, 3.63) is 53.6 Å². The number of ether oxygens (including phenoxy) is 3. The van der Waals surface area contributed by atoms with Crippen molar-refractivity contribution < 1.29 is 28.9 Å². The average Bonchev–Trinajstić information content (AvgIpc) is 2.66. The Morgan fingerprint density at radius 2 is 1.81 bits per heavy atom. The van der Waals surface area contributed by atoms with E-state index in [1.807, 2.05) is 25.1 Å². The molecule has 2 rings (SSSR count). The molecule has 0 saturated carbocycles. The van der Waals surface area contributed by atoms with Gasteiger partial charge in [-0.15, -0.1) is 0 Å². The van der Waals surface area contributed by atoms with Gasteiger partial charge in [-0.1, -0.05) is 12.1 Å². The second-order valence-corrected chi connectivity index (χ2v) is 5.98. The van der Waals surface area contributed by atoms with E-state index in [2.05, 4.69) is 5.32 Å². The Kier molecular flexibility index (Phi) is 7.05. The number of methoxy groups -OCH3 is 2. The van der Waals surface area contributed by atoms with Gasteiger partial charge in [0.15, 0.2) is 18.1 Å². The number of hydrogen-bond donors (Lipinski definition) is 2. The highest BCUT2D eigenvalue weighted by Crippen LogP contribution is 2.28. The maximum absolute atomic E-state index is 12.4. The molecule has 2 N–H and O–H groups in total. The molecule has 7 heteroatoms. The summed E-state index contributed by atoms with van der Waals surface area (Å²) >= 11 is 0. The zero-order chi connectivity index (χ0) is 19.8. The lowest BCUT2D eigenvalue weighted by atomic mass is 10.1. The van der Waals surface area contributed by atoms with E-state index in [0.29, 0.717) is 29.2 Å². The highest BCUT2D eigenvalue weighted by Gasteiger charge is 2.13. The van der Waals surface area contributed by atoms with Crippen molar-refractivity contribution in [1.29, 1.82) is 0 Å². The first-order valence-electron chi connectivity index (χ1n) is 8.39. The van der Waals surface area contributed by atoms with Crippen molar-refractivity contribution in [3.8, 4) is 17.2 Å². The summed E-state index contributed by atoms with van der Waals surface area (Å²) in [6.45, 7) is 1.44. The lowest BCUT2D eigenvalue weighted by molar-refractivity contribution is -0.139. The summed E-state index contributed by atoms with van der Waals surface area (Å²) in [5, 5.41) is 11.6. The Hall–Kier alpha value is -3.22. The first kappa shape index (κ1) is 20.1. The first-order chi connectivity index (χ1) is 12.9. The molecule has 144 valence electrons. The van der Waals surface area contributed by atoms with Gasteiger partial charge in [0, 0.05) is 11.6 Å². The number of aliphatic carboxylic acids is 1. The Labute approximate surface area is 157 Å². The molecule has 0 aliphatic carbocycles. The third-order valence-corrected chi connectivity index (χ3v) is 3.83. The van der Waals surface area contributed by atoms with Gasteiger partial charge in [0.1, 0.15) is 5.75 Å². The van der Waals surface area contributed by atoms with E-state index in [0.717, 1.165) is 5.56 Å². The predicted octanol–water partition coefficient (Wildman–Crippen LogP) is 2.53. The number of benzene rings is 2. The Morgan fingerprint density at radius 1 is 1.07 bits per heavy atom. The fourth-order valence-corrected chi connectivity index (χ4v) is 2.59. The molecule has 27 heavy (non-hydrogen) atoms. The number of hydrogen-bond acceptors (Lipinski definition) is 5. The van der Waals surface area contributed by atoms with Crippen molar-refractivity contribution in [1.82, 2.24) is 5.32 Å². The number of rotatable bonds is 9. The molecule has 0 heterocycles. The second kappa shape index (κ2) is 9.47. The Bertz CT molecular complexity index is 805. The van der Waals surface area contributed by atoms with Crippen LogP contribution in [-0.4, -0.2) is 43.9 Å². The fourth-order valence-electron chi connectivity index (χ4n) is 2.59. The molecule has 7 nitrogen and oxygen atoms in total. The standard InChI is InChI=1S/C20H23NO6/c1-13(9-14-7-8-17(25-2)18(10-14)26-3)21-20(24)15-5-4-6-16(11-15)27-12-19(22)23/h4-8,10-11,13H,9,12H2,1-3H3,(H,21,24)(H,22,23). The second-order valence-electron chi connectivity index (χ2n) is 5.98. The van der Waals surface area contributed by atoms with Crippen LogP contribution in [0.4, 0.5) is 0 Å². The van der Waals surface area contributed by atoms with Gasteiger partial charge < -0.3 is 24.6 Å². The van der Waals surface area contributed by atoms with Crippen LogP contribution < -0.4 is 19.5 Å². The highest BCUT2D eigenvalue weighted by atomic mass is 16.5. The molecule has 0 spiro atoms. The molecule has 0 fully saturated rings. The van der Waals surface area contributed by atoms with Crippen molar-refractivity contribution >= 4 is 11.9 Å². The SMILES string of the molecule is COc1ccc(CC(C)NC(=O)c2cccc(OCC(=O)O)c2)cc1OC. The summed E-state index contributed by atoms with van der Waals surface area (Å²) in [7, 11) is 3.15. The molecule has 1 unspecified atom stereocenters. The van der Waals surface area contributed by atoms with E-state index < -0.39 is 12.6 Å². The fraction of sp³-hybridized carbons (Fsp3) is 0.300. The topological polar surface area (TPSA) is 94.1 Å². The first-order valence-corrected chi connectivity index (χ1v) is 8.39. The average molecular weight is 373 g/mol. The van der Waals surface area contributed by atoms with Crippen LogP contribution in [0.15, 0.2) is 42.5 Å². The molecule has 2 aromatic rings. The van der Waals surface area contributed by atoms with Crippen LogP contribution in [0.2, 0.25) is 0 Å². The molecule has 0 aliphatic heterocycles. The minimum absolute atomic E-state index is 0.126. The number of carboxylic acids is 1. The van der Waals surface area contributed by atoms with Gasteiger partial charge in [-0.25, -0.2) is 4.79 Å². The summed E-state index contributed by atoms with van der Waals surface area (Å²) in [4.78, 5) is 23.0. The van der Waals surface area contributed by atoms with Gasteiger partial charge in [-0.3, -0.25) is 4.79 Å². The maximum atomic E-state index is 12.4. The summed E-state index contributed by atoms with van der Waals surface area (Å²) in [6, 6.07) is 11.9. The molecule has 1 atom stereocenters. The normalized spacial score (nSPS) is 11.4. The molecular weight excluding hydrogens is 350 g/mol. The van der Waals surface area contributed by atoms with Gasteiger partial charge in [0.2, 0.25) is 0 Å². The molecule has 0 radical (unpaired) electrons. The van der Waals surface area contributed by atoms with Gasteiger partial charge >= 0.3 is 5.97 Å². The van der Waals surface area contributed by atoms with Crippen molar-refractivity contribution in [2.45, 2.75) is 19.4 Å². The van der Waals surface area contributed by atoms with E-state index in [1.165, 1.54) is 6.07 Å². The van der Waals surface area contributed by atoms with Gasteiger partial charge in [0.05, 0.1) is 14.2 Å². The third-order valence-electron chi connectivity index (χ3n) is 3.83. The predicted molar refractivity (Wildman–Crippen MR) is 99.8 cm³/mol. The van der Waals surface area contributed by atoms with Crippen LogP contribution in [0.5, 0.6) is 17.2 Å². The van der Waals surface area contributed by atoms with Crippen LogP contribution in [-0.2, 0) is 11.2 Å². The largest absolute Gasteiger partial charge is 0.493 e. The Balaban J connectivity index is 1.99. The summed E-state index contributed by atoms with van der Waals surface area (Å²) in [6.07, 6.45) is 0.612. The summed E-state index contributed by atoms with van der Waals surface area (Å²) in [5.74, 6) is 0.280. The maximum Gasteiger partial charge on any atom is 0.341 e. The lowest BCUT2D eigenvalue weighted by Crippen LogP contribution is -2.34. The zero-order valence-electron chi connectivity index (χ0n) is 15.5. The number of amides is 1. The van der Waals surface area contributed by atoms with Gasteiger partial charge in [0.25, 0.3) is 5.91 Å². The van der Waals surface area contributed by atoms with Crippen LogP contribution in [0.1, 0.15) is 22.8 Å². The van der Waals surface area contributed by atoms with E-state index >= 15 is 0 Å². The quantitative estimate of drug-likeness (QED) is 0.701. The van der Waals surface area contributed by atoms with Gasteiger partial charge in [-0.2, -0.15) is 0 Å². The molecule has 1 amide bonds. The number of carboxylic acid groups (broad SMARTS) is 1.